The molecule has 0 aliphatic heterocycles. The molecule has 20 heavy (non-hydrogen) atoms. The third kappa shape index (κ3) is 3.68. The van der Waals surface area contributed by atoms with Gasteiger partial charge in [-0.15, -0.1) is 0 Å². The number of anilines is 1. The van der Waals surface area contributed by atoms with Crippen molar-refractivity contribution >= 4 is 11.5 Å². The third-order valence-electron chi connectivity index (χ3n) is 2.66. The summed E-state index contributed by atoms with van der Waals surface area (Å²) in [6.07, 6.45) is 2.87. The maximum absolute atomic E-state index is 13.0. The van der Waals surface area contributed by atoms with E-state index in [1.165, 1.54) is 24.4 Å². The summed E-state index contributed by atoms with van der Waals surface area (Å²) in [6.45, 7) is 0. The Morgan fingerprint density at radius 2 is 2.00 bits per heavy atom. The number of rotatable bonds is 5. The molecule has 0 fully saturated rings. The molecule has 0 unspecified atom stereocenters. The lowest BCUT2D eigenvalue weighted by atomic mass is 10.1. The van der Waals surface area contributed by atoms with Crippen LogP contribution in [0.25, 0.3) is 0 Å². The van der Waals surface area contributed by atoms with Gasteiger partial charge in [-0.3, -0.25) is 4.79 Å². The summed E-state index contributed by atoms with van der Waals surface area (Å²) < 4.78 is 18.0. The molecule has 0 aliphatic carbocycles. The fourth-order valence-corrected chi connectivity index (χ4v) is 1.66. The van der Waals surface area contributed by atoms with Gasteiger partial charge in [-0.05, 0) is 30.3 Å². The Morgan fingerprint density at radius 1 is 1.20 bits per heavy atom. The molecule has 2 aromatic carbocycles. The minimum atomic E-state index is -0.331. The zero-order valence-electron chi connectivity index (χ0n) is 11.0. The van der Waals surface area contributed by atoms with E-state index in [0.717, 1.165) is 0 Å². The van der Waals surface area contributed by atoms with Crippen molar-refractivity contribution in [2.45, 2.75) is 0 Å². The molecule has 102 valence electrons. The number of hydrogen-bond donors (Lipinski definition) is 1. The zero-order valence-corrected chi connectivity index (χ0v) is 11.0. The van der Waals surface area contributed by atoms with E-state index in [2.05, 4.69) is 5.32 Å². The summed E-state index contributed by atoms with van der Waals surface area (Å²) in [7, 11) is 1.55. The van der Waals surface area contributed by atoms with Crippen LogP contribution in [0, 0.1) is 5.82 Å². The van der Waals surface area contributed by atoms with Crippen molar-refractivity contribution in [3.05, 3.63) is 72.2 Å². The van der Waals surface area contributed by atoms with Crippen LogP contribution < -0.4 is 10.1 Å². The summed E-state index contributed by atoms with van der Waals surface area (Å²) >= 11 is 0. The van der Waals surface area contributed by atoms with Gasteiger partial charge in [-0.25, -0.2) is 4.39 Å². The molecule has 0 bridgehead atoms. The fourth-order valence-electron chi connectivity index (χ4n) is 1.66. The Labute approximate surface area is 116 Å². The minimum Gasteiger partial charge on any atom is -0.497 e. The van der Waals surface area contributed by atoms with Crippen molar-refractivity contribution in [1.29, 1.82) is 0 Å². The second-order valence-corrected chi connectivity index (χ2v) is 4.08. The van der Waals surface area contributed by atoms with Gasteiger partial charge in [0.05, 0.1) is 7.11 Å². The molecule has 0 heterocycles. The van der Waals surface area contributed by atoms with Crippen molar-refractivity contribution in [2.24, 2.45) is 0 Å². The second kappa shape index (κ2) is 6.52. The van der Waals surface area contributed by atoms with E-state index >= 15 is 0 Å². The molecule has 0 amide bonds. The smallest absolute Gasteiger partial charge is 0.187 e. The monoisotopic (exact) mass is 271 g/mol. The fraction of sp³-hybridized carbons (Fsp3) is 0.0625. The molecule has 2 rings (SSSR count). The lowest BCUT2D eigenvalue weighted by molar-refractivity contribution is 0.104. The van der Waals surface area contributed by atoms with Crippen LogP contribution in [0.4, 0.5) is 10.1 Å². The predicted octanol–water partition coefficient (Wildman–Crippen LogP) is 3.64. The van der Waals surface area contributed by atoms with Crippen LogP contribution in [0.1, 0.15) is 10.4 Å². The van der Waals surface area contributed by atoms with Crippen LogP contribution in [0.2, 0.25) is 0 Å². The zero-order chi connectivity index (χ0) is 14.4. The van der Waals surface area contributed by atoms with Gasteiger partial charge in [-0.1, -0.05) is 18.2 Å². The number of ketones is 1. The summed E-state index contributed by atoms with van der Waals surface area (Å²) in [5.41, 5.74) is 1.11. The van der Waals surface area contributed by atoms with Gasteiger partial charge in [0.2, 0.25) is 0 Å². The molecule has 2 aromatic rings. The Balaban J connectivity index is 2.02. The van der Waals surface area contributed by atoms with Crippen molar-refractivity contribution in [1.82, 2.24) is 0 Å². The van der Waals surface area contributed by atoms with Crippen LogP contribution in [0.15, 0.2) is 60.8 Å². The maximum Gasteiger partial charge on any atom is 0.187 e. The van der Waals surface area contributed by atoms with Crippen molar-refractivity contribution in [3.63, 3.8) is 0 Å². The van der Waals surface area contributed by atoms with E-state index in [9.17, 15) is 9.18 Å². The van der Waals surface area contributed by atoms with Gasteiger partial charge in [-0.2, -0.15) is 0 Å². The lowest BCUT2D eigenvalue weighted by Gasteiger charge is -2.02. The number of hydrogen-bond acceptors (Lipinski definition) is 3. The number of carbonyl (C=O) groups is 1. The standard InChI is InChI=1S/C16H14FNO2/c1-20-15-7-2-4-12(10-15)16(19)8-9-18-14-6-3-5-13(17)11-14/h2-11,18H,1H3. The average molecular weight is 271 g/mol. The van der Waals surface area contributed by atoms with E-state index in [4.69, 9.17) is 4.74 Å². The normalized spacial score (nSPS) is 10.5. The summed E-state index contributed by atoms with van der Waals surface area (Å²) in [5.74, 6) is 0.137. The van der Waals surface area contributed by atoms with Gasteiger partial charge in [0.15, 0.2) is 5.78 Å². The van der Waals surface area contributed by atoms with E-state index in [1.807, 2.05) is 0 Å². The number of benzene rings is 2. The number of halogens is 1. The Kier molecular flexibility index (Phi) is 4.50. The summed E-state index contributed by atoms with van der Waals surface area (Å²) in [5, 5.41) is 2.84. The van der Waals surface area contributed by atoms with Gasteiger partial charge in [0.25, 0.3) is 0 Å². The number of allylic oxidation sites excluding steroid dienone is 1. The highest BCUT2D eigenvalue weighted by Gasteiger charge is 2.02. The molecular weight excluding hydrogens is 257 g/mol. The molecule has 0 spiro atoms. The minimum absolute atomic E-state index is 0.159. The molecule has 0 saturated carbocycles. The molecule has 1 N–H and O–H groups in total. The molecule has 0 aromatic heterocycles. The third-order valence-corrected chi connectivity index (χ3v) is 2.66. The van der Waals surface area contributed by atoms with Crippen molar-refractivity contribution in [3.8, 4) is 5.75 Å². The van der Waals surface area contributed by atoms with Gasteiger partial charge in [0.1, 0.15) is 11.6 Å². The molecule has 0 saturated heterocycles. The first-order chi connectivity index (χ1) is 9.69. The van der Waals surface area contributed by atoms with Crippen molar-refractivity contribution < 1.29 is 13.9 Å². The number of nitrogens with one attached hydrogen (secondary N) is 1. The van der Waals surface area contributed by atoms with E-state index < -0.39 is 0 Å². The second-order valence-electron chi connectivity index (χ2n) is 4.08. The van der Waals surface area contributed by atoms with Crippen LogP contribution in [0.3, 0.4) is 0 Å². The molecule has 3 nitrogen and oxygen atoms in total. The topological polar surface area (TPSA) is 38.3 Å². The van der Waals surface area contributed by atoms with Gasteiger partial charge in [0, 0.05) is 23.5 Å². The highest BCUT2D eigenvalue weighted by atomic mass is 19.1. The largest absolute Gasteiger partial charge is 0.497 e. The first-order valence-corrected chi connectivity index (χ1v) is 6.06. The molecule has 0 radical (unpaired) electrons. The SMILES string of the molecule is COc1cccc(C(=O)C=CNc2cccc(F)c2)c1. The number of carbonyl (C=O) groups excluding carboxylic acids is 1. The Bertz CT molecular complexity index is 638. The molecule has 0 aliphatic rings. The quantitative estimate of drug-likeness (QED) is 0.666. The van der Waals surface area contributed by atoms with Crippen LogP contribution in [-0.4, -0.2) is 12.9 Å². The highest BCUT2D eigenvalue weighted by molar-refractivity contribution is 6.04. The van der Waals surface area contributed by atoms with Gasteiger partial charge < -0.3 is 10.1 Å². The van der Waals surface area contributed by atoms with Crippen LogP contribution in [0.5, 0.6) is 5.75 Å². The van der Waals surface area contributed by atoms with Crippen LogP contribution in [-0.2, 0) is 0 Å². The lowest BCUT2D eigenvalue weighted by Crippen LogP contribution is -1.97. The van der Waals surface area contributed by atoms with Crippen LogP contribution >= 0.6 is 0 Å². The van der Waals surface area contributed by atoms with Crippen molar-refractivity contribution in [2.75, 3.05) is 12.4 Å². The maximum atomic E-state index is 13.0. The average Bonchev–Trinajstić information content (AvgIpc) is 2.47. The Morgan fingerprint density at radius 3 is 2.75 bits per heavy atom. The molecule has 0 atom stereocenters. The number of methoxy groups -OCH3 is 1. The van der Waals surface area contributed by atoms with E-state index in [0.29, 0.717) is 17.0 Å². The first kappa shape index (κ1) is 13.8. The summed E-state index contributed by atoms with van der Waals surface area (Å²) in [6, 6.07) is 12.9. The highest BCUT2D eigenvalue weighted by Crippen LogP contribution is 2.13. The van der Waals surface area contributed by atoms with Gasteiger partial charge >= 0.3 is 0 Å². The predicted molar refractivity (Wildman–Crippen MR) is 76.5 cm³/mol. The number of ether oxygens (including phenoxy) is 1. The summed E-state index contributed by atoms with van der Waals surface area (Å²) in [4.78, 5) is 11.9. The Hall–Kier alpha value is -2.62. The first-order valence-electron chi connectivity index (χ1n) is 6.06. The van der Waals surface area contributed by atoms with E-state index in [-0.39, 0.29) is 11.6 Å². The van der Waals surface area contributed by atoms with E-state index in [1.54, 1.807) is 43.5 Å². The molecular formula is C16H14FNO2. The molecule has 4 heteroatoms.